The van der Waals surface area contributed by atoms with Crippen LogP contribution < -0.4 is 10.6 Å². The molecule has 0 spiro atoms. The predicted molar refractivity (Wildman–Crippen MR) is 236 cm³/mol. The largest absolute Gasteiger partial charge is 0.350 e. The highest BCUT2D eigenvalue weighted by Gasteiger charge is 2.27. The van der Waals surface area contributed by atoms with Gasteiger partial charge < -0.3 is 14.9 Å². The lowest BCUT2D eigenvalue weighted by molar-refractivity contribution is 0.409. The summed E-state index contributed by atoms with van der Waals surface area (Å²) < 4.78 is 4.77. The zero-order chi connectivity index (χ0) is 37.5. The first-order valence-corrected chi connectivity index (χ1v) is 19.5. The van der Waals surface area contributed by atoms with Gasteiger partial charge in [-0.05, 0) is 81.7 Å². The van der Waals surface area contributed by atoms with Crippen molar-refractivity contribution in [2.24, 2.45) is 4.99 Å². The van der Waals surface area contributed by atoms with Crippen LogP contribution in [0.25, 0.3) is 76.7 Å². The number of aliphatic imine (C=N–C) groups is 1. The Morgan fingerprint density at radius 2 is 1.05 bits per heavy atom. The second-order valence-electron chi connectivity index (χ2n) is 15.0. The molecular weight excluding hydrogens is 697 g/mol. The third-order valence-electron chi connectivity index (χ3n) is 11.7. The molecule has 3 N–H and O–H groups in total. The van der Waals surface area contributed by atoms with E-state index in [-0.39, 0.29) is 12.3 Å². The maximum atomic E-state index is 5.31. The number of fused-ring (bicyclic) bond motifs is 8. The molecule has 2 atom stereocenters. The number of benzene rings is 8. The molecule has 4 heterocycles. The molecule has 0 bridgehead atoms. The number of nitrogens with one attached hydrogen (secondary N) is 3. The number of aromatic nitrogens is 3. The van der Waals surface area contributed by atoms with Crippen LogP contribution in [-0.2, 0) is 0 Å². The van der Waals surface area contributed by atoms with E-state index in [9.17, 15) is 0 Å². The zero-order valence-corrected chi connectivity index (χ0v) is 30.9. The summed E-state index contributed by atoms with van der Waals surface area (Å²) in [5, 5.41) is 17.4. The van der Waals surface area contributed by atoms with E-state index in [1.54, 1.807) is 0 Å². The molecule has 0 radical (unpaired) electrons. The molecule has 0 saturated heterocycles. The summed E-state index contributed by atoms with van der Waals surface area (Å²) in [6, 6.07) is 65.4. The zero-order valence-electron chi connectivity index (χ0n) is 30.9. The van der Waals surface area contributed by atoms with Crippen molar-refractivity contribution in [3.05, 3.63) is 205 Å². The van der Waals surface area contributed by atoms with Gasteiger partial charge in [0.1, 0.15) is 24.0 Å². The minimum atomic E-state index is -0.262. The van der Waals surface area contributed by atoms with Crippen molar-refractivity contribution in [2.75, 3.05) is 0 Å². The Kier molecular flexibility index (Phi) is 7.03. The van der Waals surface area contributed by atoms with Crippen LogP contribution in [0.2, 0.25) is 0 Å². The van der Waals surface area contributed by atoms with Crippen LogP contribution in [0.3, 0.4) is 0 Å². The first kappa shape index (κ1) is 31.9. The van der Waals surface area contributed by atoms with Gasteiger partial charge in [-0.2, -0.15) is 0 Å². The smallest absolute Gasteiger partial charge is 0.131 e. The number of aromatic amines is 1. The van der Waals surface area contributed by atoms with Crippen LogP contribution >= 0.6 is 0 Å². The van der Waals surface area contributed by atoms with Gasteiger partial charge in [0.15, 0.2) is 0 Å². The minimum Gasteiger partial charge on any atom is -0.350 e. The number of H-pyrrole nitrogens is 1. The number of hydrogen-bond acceptors (Lipinski definition) is 3. The molecule has 12 rings (SSSR count). The molecular formula is C51H36N6. The molecule has 0 amide bonds. The SMILES string of the molecule is c1ccc(-n2c3ccccc3c3cc4c5ccccc5n(-c5cc(C6NC(c7ccc8ccccc8c7)=NC(c7ccc8ccccc8c7)N6)c[nH]5)c4cc32)cc1. The molecule has 8 aromatic carbocycles. The Morgan fingerprint density at radius 1 is 0.439 bits per heavy atom. The van der Waals surface area contributed by atoms with Crippen LogP contribution in [0.4, 0.5) is 0 Å². The fourth-order valence-electron chi connectivity index (χ4n) is 9.00. The summed E-state index contributed by atoms with van der Waals surface area (Å²) in [6.45, 7) is 0. The molecule has 1 aliphatic heterocycles. The maximum Gasteiger partial charge on any atom is 0.131 e. The van der Waals surface area contributed by atoms with Crippen LogP contribution in [0.5, 0.6) is 0 Å². The lowest BCUT2D eigenvalue weighted by atomic mass is 10.0. The fourth-order valence-corrected chi connectivity index (χ4v) is 9.00. The molecule has 6 heteroatoms. The van der Waals surface area contributed by atoms with Crippen molar-refractivity contribution >= 4 is 71.0 Å². The van der Waals surface area contributed by atoms with Gasteiger partial charge in [-0.25, -0.2) is 4.99 Å². The first-order valence-electron chi connectivity index (χ1n) is 19.5. The number of nitrogens with zero attached hydrogens (tertiary/aromatic N) is 3. The second kappa shape index (κ2) is 12.6. The number of hydrogen-bond donors (Lipinski definition) is 3. The van der Waals surface area contributed by atoms with Crippen LogP contribution in [0.15, 0.2) is 193 Å². The average Bonchev–Trinajstić information content (AvgIpc) is 3.98. The third kappa shape index (κ3) is 5.12. The fraction of sp³-hybridized carbons (Fsp3) is 0.0392. The number of amidine groups is 1. The van der Waals surface area contributed by atoms with Gasteiger partial charge in [0.25, 0.3) is 0 Å². The van der Waals surface area contributed by atoms with E-state index in [0.29, 0.717) is 0 Å². The lowest BCUT2D eigenvalue weighted by Crippen LogP contribution is -2.44. The van der Waals surface area contributed by atoms with Crippen molar-refractivity contribution in [3.8, 4) is 11.5 Å². The standard InChI is InChI=1S/C51H36N6/c1-2-16-39(17-3-1)56-44-20-10-8-18-40(44)42-29-43-41-19-9-11-21-45(41)57(47(43)30-46(42)56)48-28-38(31-52-48)51-54-49(36-24-22-32-12-4-6-14-34(32)26-36)53-50(55-51)37-25-23-33-13-5-7-15-35(33)27-37/h1-31,49,51-52,54H,(H,53,55). The van der Waals surface area contributed by atoms with Crippen LogP contribution in [-0.4, -0.2) is 20.0 Å². The van der Waals surface area contributed by atoms with Gasteiger partial charge in [0.2, 0.25) is 0 Å². The Balaban J connectivity index is 1.01. The summed E-state index contributed by atoms with van der Waals surface area (Å²) in [5.41, 5.74) is 9.09. The Morgan fingerprint density at radius 3 is 1.81 bits per heavy atom. The van der Waals surface area contributed by atoms with Gasteiger partial charge >= 0.3 is 0 Å². The minimum absolute atomic E-state index is 0.217. The summed E-state index contributed by atoms with van der Waals surface area (Å²) in [6.07, 6.45) is 1.65. The van der Waals surface area contributed by atoms with Crippen molar-refractivity contribution in [3.63, 3.8) is 0 Å². The maximum absolute atomic E-state index is 5.31. The molecule has 11 aromatic rings. The van der Waals surface area contributed by atoms with Crippen molar-refractivity contribution < 1.29 is 0 Å². The van der Waals surface area contributed by atoms with Crippen molar-refractivity contribution in [1.82, 2.24) is 24.8 Å². The molecule has 0 aliphatic carbocycles. The van der Waals surface area contributed by atoms with Crippen molar-refractivity contribution in [2.45, 2.75) is 12.3 Å². The second-order valence-corrected chi connectivity index (χ2v) is 15.0. The normalized spacial score (nSPS) is 15.9. The van der Waals surface area contributed by atoms with E-state index in [1.165, 1.54) is 54.1 Å². The van der Waals surface area contributed by atoms with Crippen LogP contribution in [0.1, 0.15) is 29.0 Å². The molecule has 57 heavy (non-hydrogen) atoms. The highest BCUT2D eigenvalue weighted by Crippen LogP contribution is 2.40. The highest BCUT2D eigenvalue weighted by atomic mass is 15.3. The Bertz CT molecular complexity index is 3380. The quantitative estimate of drug-likeness (QED) is 0.165. The molecule has 0 saturated carbocycles. The summed E-state index contributed by atoms with van der Waals surface area (Å²) >= 11 is 0. The summed E-state index contributed by atoms with van der Waals surface area (Å²) in [7, 11) is 0. The molecule has 3 aromatic heterocycles. The average molecular weight is 733 g/mol. The van der Waals surface area contributed by atoms with Gasteiger partial charge in [0, 0.05) is 44.6 Å². The summed E-state index contributed by atoms with van der Waals surface area (Å²) in [5.74, 6) is 1.86. The van der Waals surface area contributed by atoms with E-state index in [1.807, 2.05) is 0 Å². The molecule has 0 fully saturated rings. The van der Waals surface area contributed by atoms with Crippen molar-refractivity contribution in [1.29, 1.82) is 0 Å². The van der Waals surface area contributed by atoms with Gasteiger partial charge in [-0.15, -0.1) is 0 Å². The third-order valence-corrected chi connectivity index (χ3v) is 11.7. The highest BCUT2D eigenvalue weighted by molar-refractivity contribution is 6.19. The van der Waals surface area contributed by atoms with E-state index >= 15 is 0 Å². The van der Waals surface area contributed by atoms with Crippen LogP contribution in [0, 0.1) is 0 Å². The summed E-state index contributed by atoms with van der Waals surface area (Å²) in [4.78, 5) is 9.01. The van der Waals surface area contributed by atoms with E-state index in [4.69, 9.17) is 4.99 Å². The van der Waals surface area contributed by atoms with E-state index in [2.05, 4.69) is 213 Å². The predicted octanol–water partition coefficient (Wildman–Crippen LogP) is 11.9. The van der Waals surface area contributed by atoms with E-state index < -0.39 is 0 Å². The van der Waals surface area contributed by atoms with Gasteiger partial charge in [0.05, 0.1) is 22.1 Å². The number of para-hydroxylation sites is 3. The van der Waals surface area contributed by atoms with E-state index in [0.717, 1.165) is 45.1 Å². The number of rotatable bonds is 5. The molecule has 6 nitrogen and oxygen atoms in total. The van der Waals surface area contributed by atoms with Gasteiger partial charge in [-0.1, -0.05) is 127 Å². The molecule has 270 valence electrons. The monoisotopic (exact) mass is 732 g/mol. The molecule has 1 aliphatic rings. The molecule has 2 unspecified atom stereocenters. The first-order chi connectivity index (χ1) is 28.2. The Labute approximate surface area is 328 Å². The van der Waals surface area contributed by atoms with Gasteiger partial charge in [-0.3, -0.25) is 9.88 Å². The topological polar surface area (TPSA) is 62.1 Å². The Hall–Kier alpha value is -7.41. The lowest BCUT2D eigenvalue weighted by Gasteiger charge is -2.31.